The Hall–Kier alpha value is -0.810. The van der Waals surface area contributed by atoms with Crippen LogP contribution in [-0.4, -0.2) is 42.9 Å². The lowest BCUT2D eigenvalue weighted by atomic mass is 10.1. The van der Waals surface area contributed by atoms with Crippen molar-refractivity contribution in [3.63, 3.8) is 0 Å². The molecule has 6 heteroatoms. The van der Waals surface area contributed by atoms with Gasteiger partial charge < -0.3 is 16.0 Å². The van der Waals surface area contributed by atoms with E-state index in [1.54, 1.807) is 0 Å². The minimum Gasteiger partial charge on any atom is -0.361 e. The molecule has 14 heavy (non-hydrogen) atoms. The predicted octanol–water partition coefficient (Wildman–Crippen LogP) is -0.896. The van der Waals surface area contributed by atoms with Gasteiger partial charge in [0, 0.05) is 19.1 Å². The lowest BCUT2D eigenvalue weighted by Crippen LogP contribution is -2.47. The van der Waals surface area contributed by atoms with Gasteiger partial charge in [-0.25, -0.2) is 0 Å². The van der Waals surface area contributed by atoms with Crippen molar-refractivity contribution in [1.82, 2.24) is 10.2 Å². The number of nitrogens with zero attached hydrogens (tertiary/aromatic N) is 1. The first-order valence-corrected chi connectivity index (χ1v) is 4.41. The van der Waals surface area contributed by atoms with Crippen LogP contribution in [0.15, 0.2) is 0 Å². The molecule has 1 aliphatic rings. The molecular weight excluding hydrogens is 206 g/mol. The van der Waals surface area contributed by atoms with E-state index in [-0.39, 0.29) is 12.4 Å². The SMILES string of the molecule is CNC1CCN(C(=O)C(N)=O)CC1.Cl. The Morgan fingerprint density at radius 2 is 1.86 bits per heavy atom. The third kappa shape index (κ3) is 3.16. The number of hydrogen-bond acceptors (Lipinski definition) is 3. The van der Waals surface area contributed by atoms with Gasteiger partial charge >= 0.3 is 11.8 Å². The van der Waals surface area contributed by atoms with E-state index in [2.05, 4.69) is 5.32 Å². The quantitative estimate of drug-likeness (QED) is 0.564. The Kier molecular flexibility index (Phi) is 5.49. The van der Waals surface area contributed by atoms with Crippen molar-refractivity contribution in [3.8, 4) is 0 Å². The van der Waals surface area contributed by atoms with Crippen LogP contribution in [0.25, 0.3) is 0 Å². The van der Waals surface area contributed by atoms with E-state index in [0.717, 1.165) is 12.8 Å². The molecule has 1 aliphatic heterocycles. The zero-order valence-electron chi connectivity index (χ0n) is 8.16. The van der Waals surface area contributed by atoms with Gasteiger partial charge in [0.25, 0.3) is 0 Å². The molecule has 0 unspecified atom stereocenters. The maximum atomic E-state index is 11.1. The predicted molar refractivity (Wildman–Crippen MR) is 55.1 cm³/mol. The molecule has 0 aromatic rings. The van der Waals surface area contributed by atoms with Crippen LogP contribution in [0.3, 0.4) is 0 Å². The first kappa shape index (κ1) is 13.2. The highest BCUT2D eigenvalue weighted by Crippen LogP contribution is 2.09. The smallest absolute Gasteiger partial charge is 0.311 e. The number of halogens is 1. The summed E-state index contributed by atoms with van der Waals surface area (Å²) in [6.07, 6.45) is 1.77. The van der Waals surface area contributed by atoms with Crippen LogP contribution in [0.2, 0.25) is 0 Å². The van der Waals surface area contributed by atoms with Gasteiger partial charge in [-0.3, -0.25) is 9.59 Å². The molecule has 82 valence electrons. The van der Waals surface area contributed by atoms with Crippen LogP contribution < -0.4 is 11.1 Å². The summed E-state index contributed by atoms with van der Waals surface area (Å²) in [6.45, 7) is 1.24. The van der Waals surface area contributed by atoms with Crippen LogP contribution in [0.4, 0.5) is 0 Å². The van der Waals surface area contributed by atoms with Crippen LogP contribution in [0.5, 0.6) is 0 Å². The topological polar surface area (TPSA) is 75.4 Å². The van der Waals surface area contributed by atoms with Crippen LogP contribution in [0.1, 0.15) is 12.8 Å². The lowest BCUT2D eigenvalue weighted by molar-refractivity contribution is -0.144. The molecule has 0 saturated carbocycles. The van der Waals surface area contributed by atoms with Gasteiger partial charge in [-0.15, -0.1) is 12.4 Å². The Morgan fingerprint density at radius 3 is 2.21 bits per heavy atom. The van der Waals surface area contributed by atoms with E-state index in [9.17, 15) is 9.59 Å². The average Bonchev–Trinajstić information content (AvgIpc) is 2.17. The first-order chi connectivity index (χ1) is 6.15. The van der Waals surface area contributed by atoms with Crippen molar-refractivity contribution in [1.29, 1.82) is 0 Å². The minimum atomic E-state index is -0.858. The fourth-order valence-electron chi connectivity index (χ4n) is 1.53. The van der Waals surface area contributed by atoms with Crippen LogP contribution in [-0.2, 0) is 9.59 Å². The summed E-state index contributed by atoms with van der Waals surface area (Å²) < 4.78 is 0. The summed E-state index contributed by atoms with van der Waals surface area (Å²) in [5, 5.41) is 3.14. The van der Waals surface area contributed by atoms with Crippen molar-refractivity contribution < 1.29 is 9.59 Å². The number of nitrogens with one attached hydrogen (secondary N) is 1. The number of hydrogen-bond donors (Lipinski definition) is 2. The Bertz CT molecular complexity index is 215. The van der Waals surface area contributed by atoms with Crippen molar-refractivity contribution in [2.45, 2.75) is 18.9 Å². The van der Waals surface area contributed by atoms with E-state index >= 15 is 0 Å². The lowest BCUT2D eigenvalue weighted by Gasteiger charge is -2.30. The average molecular weight is 222 g/mol. The molecule has 0 bridgehead atoms. The normalized spacial score (nSPS) is 17.4. The number of rotatable bonds is 1. The number of primary amides is 1. The molecule has 5 nitrogen and oxygen atoms in total. The highest BCUT2D eigenvalue weighted by atomic mass is 35.5. The van der Waals surface area contributed by atoms with Gasteiger partial charge in [-0.05, 0) is 19.9 Å². The summed E-state index contributed by atoms with van der Waals surface area (Å²) in [6, 6.07) is 0.455. The molecule has 3 N–H and O–H groups in total. The third-order valence-corrected chi connectivity index (χ3v) is 2.40. The monoisotopic (exact) mass is 221 g/mol. The fourth-order valence-corrected chi connectivity index (χ4v) is 1.53. The molecule has 1 heterocycles. The van der Waals surface area contributed by atoms with E-state index in [1.165, 1.54) is 4.90 Å². The Morgan fingerprint density at radius 1 is 1.36 bits per heavy atom. The molecule has 0 aromatic carbocycles. The summed E-state index contributed by atoms with van der Waals surface area (Å²) >= 11 is 0. The molecule has 0 spiro atoms. The van der Waals surface area contributed by atoms with E-state index in [0.29, 0.717) is 19.1 Å². The Labute approximate surface area is 89.4 Å². The van der Waals surface area contributed by atoms with E-state index in [4.69, 9.17) is 5.73 Å². The molecule has 0 aliphatic carbocycles. The van der Waals surface area contributed by atoms with Crippen LogP contribution in [0, 0.1) is 0 Å². The highest BCUT2D eigenvalue weighted by Gasteiger charge is 2.24. The van der Waals surface area contributed by atoms with Gasteiger partial charge in [0.15, 0.2) is 0 Å². The van der Waals surface area contributed by atoms with Crippen molar-refractivity contribution in [2.75, 3.05) is 20.1 Å². The standard InChI is InChI=1S/C8H15N3O2.ClH/c1-10-6-2-4-11(5-3-6)8(13)7(9)12;/h6,10H,2-5H2,1H3,(H2,9,12);1H. The van der Waals surface area contributed by atoms with Gasteiger partial charge in [0.1, 0.15) is 0 Å². The minimum absolute atomic E-state index is 0. The van der Waals surface area contributed by atoms with Crippen molar-refractivity contribution in [2.24, 2.45) is 5.73 Å². The summed E-state index contributed by atoms with van der Waals surface area (Å²) in [7, 11) is 1.90. The maximum absolute atomic E-state index is 11.1. The molecular formula is C8H16ClN3O2. The second kappa shape index (κ2) is 5.82. The molecule has 2 amide bonds. The van der Waals surface area contributed by atoms with Crippen LogP contribution >= 0.6 is 12.4 Å². The van der Waals surface area contributed by atoms with Gasteiger partial charge in [-0.1, -0.05) is 0 Å². The van der Waals surface area contributed by atoms with Gasteiger partial charge in [-0.2, -0.15) is 0 Å². The van der Waals surface area contributed by atoms with E-state index in [1.807, 2.05) is 7.05 Å². The third-order valence-electron chi connectivity index (χ3n) is 2.40. The fraction of sp³-hybridized carbons (Fsp3) is 0.750. The number of amides is 2. The Balaban J connectivity index is 0.00000169. The molecule has 1 rings (SSSR count). The first-order valence-electron chi connectivity index (χ1n) is 4.41. The zero-order valence-corrected chi connectivity index (χ0v) is 8.97. The number of likely N-dealkylation sites (tertiary alicyclic amines) is 1. The van der Waals surface area contributed by atoms with E-state index < -0.39 is 11.8 Å². The van der Waals surface area contributed by atoms with Crippen molar-refractivity contribution in [3.05, 3.63) is 0 Å². The number of carbonyl (C=O) groups is 2. The number of nitrogens with two attached hydrogens (primary N) is 1. The second-order valence-corrected chi connectivity index (χ2v) is 3.22. The summed E-state index contributed by atoms with van der Waals surface area (Å²) in [5.74, 6) is -1.42. The highest BCUT2D eigenvalue weighted by molar-refractivity contribution is 6.34. The summed E-state index contributed by atoms with van der Waals surface area (Å²) in [4.78, 5) is 23.2. The van der Waals surface area contributed by atoms with Gasteiger partial charge in [0.05, 0.1) is 0 Å². The molecule has 0 aromatic heterocycles. The molecule has 1 fully saturated rings. The summed E-state index contributed by atoms with van der Waals surface area (Å²) in [5.41, 5.74) is 4.89. The van der Waals surface area contributed by atoms with Crippen molar-refractivity contribution >= 4 is 24.2 Å². The second-order valence-electron chi connectivity index (χ2n) is 3.22. The largest absolute Gasteiger partial charge is 0.361 e. The number of carbonyl (C=O) groups excluding carboxylic acids is 2. The molecule has 0 radical (unpaired) electrons. The maximum Gasteiger partial charge on any atom is 0.311 e. The molecule has 0 atom stereocenters. The van der Waals surface area contributed by atoms with Gasteiger partial charge in [0.2, 0.25) is 0 Å². The number of piperidine rings is 1. The zero-order chi connectivity index (χ0) is 9.84. The molecule has 1 saturated heterocycles.